The van der Waals surface area contributed by atoms with Crippen molar-refractivity contribution in [3.8, 4) is 0 Å². The maximum atomic E-state index is 10.9. The van der Waals surface area contributed by atoms with Crippen LogP contribution in [0.5, 0.6) is 0 Å². The van der Waals surface area contributed by atoms with Crippen LogP contribution >= 0.6 is 0 Å². The molecule has 0 bridgehead atoms. The molecule has 0 saturated carbocycles. The standard InChI is InChI=1S/C13H16N2O2/c16-13(17)10-2-4-12-9(7-10)1-3-11-8-14-5-6-15(11)12/h2,4,7,11,14H,1,3,5-6,8H2,(H,16,17)/t11-/m0/s1. The van der Waals surface area contributed by atoms with Crippen LogP contribution in [0.15, 0.2) is 18.2 Å². The van der Waals surface area contributed by atoms with Crippen LogP contribution in [0.2, 0.25) is 0 Å². The number of aryl methyl sites for hydroxylation is 1. The van der Waals surface area contributed by atoms with Gasteiger partial charge in [-0.05, 0) is 36.6 Å². The monoisotopic (exact) mass is 232 g/mol. The molecule has 0 radical (unpaired) electrons. The Kier molecular flexibility index (Phi) is 2.52. The number of aromatic carboxylic acids is 1. The fourth-order valence-corrected chi connectivity index (χ4v) is 2.86. The minimum atomic E-state index is -0.838. The highest BCUT2D eigenvalue weighted by Crippen LogP contribution is 2.31. The summed E-state index contributed by atoms with van der Waals surface area (Å²) in [5.41, 5.74) is 2.81. The Balaban J connectivity index is 1.97. The molecule has 2 N–H and O–H groups in total. The van der Waals surface area contributed by atoms with Crippen LogP contribution in [0.4, 0.5) is 5.69 Å². The third kappa shape index (κ3) is 1.78. The molecule has 1 aromatic rings. The van der Waals surface area contributed by atoms with E-state index in [-0.39, 0.29) is 0 Å². The molecule has 0 spiro atoms. The Morgan fingerprint density at radius 1 is 1.47 bits per heavy atom. The van der Waals surface area contributed by atoms with E-state index in [1.165, 1.54) is 11.3 Å². The number of nitrogens with zero attached hydrogens (tertiary/aromatic N) is 1. The Hall–Kier alpha value is -1.55. The van der Waals surface area contributed by atoms with Crippen LogP contribution in [0.3, 0.4) is 0 Å². The van der Waals surface area contributed by atoms with E-state index >= 15 is 0 Å². The lowest BCUT2D eigenvalue weighted by atomic mass is 9.93. The van der Waals surface area contributed by atoms with E-state index in [0.717, 1.165) is 32.5 Å². The highest BCUT2D eigenvalue weighted by Gasteiger charge is 2.28. The summed E-state index contributed by atoms with van der Waals surface area (Å²) >= 11 is 0. The van der Waals surface area contributed by atoms with E-state index < -0.39 is 5.97 Å². The minimum Gasteiger partial charge on any atom is -0.478 e. The molecule has 4 heteroatoms. The molecule has 17 heavy (non-hydrogen) atoms. The maximum Gasteiger partial charge on any atom is 0.335 e. The second-order valence-electron chi connectivity index (χ2n) is 4.74. The number of hydrogen-bond acceptors (Lipinski definition) is 3. The molecule has 1 saturated heterocycles. The number of fused-ring (bicyclic) bond motifs is 3. The van der Waals surface area contributed by atoms with Gasteiger partial charge in [-0.3, -0.25) is 0 Å². The first-order valence-corrected chi connectivity index (χ1v) is 6.09. The highest BCUT2D eigenvalue weighted by molar-refractivity contribution is 5.88. The molecule has 0 unspecified atom stereocenters. The van der Waals surface area contributed by atoms with Gasteiger partial charge in [0.15, 0.2) is 0 Å². The zero-order valence-corrected chi connectivity index (χ0v) is 9.65. The van der Waals surface area contributed by atoms with Crippen LogP contribution in [0.25, 0.3) is 0 Å². The van der Waals surface area contributed by atoms with Gasteiger partial charge in [-0.1, -0.05) is 0 Å². The maximum absolute atomic E-state index is 10.9. The second-order valence-corrected chi connectivity index (χ2v) is 4.74. The molecule has 2 heterocycles. The first kappa shape index (κ1) is 10.6. The number of rotatable bonds is 1. The molecule has 2 aliphatic rings. The van der Waals surface area contributed by atoms with Crippen LogP contribution in [0.1, 0.15) is 22.3 Å². The molecule has 0 aliphatic carbocycles. The fraction of sp³-hybridized carbons (Fsp3) is 0.462. The number of carbonyl (C=O) groups is 1. The van der Waals surface area contributed by atoms with Gasteiger partial charge in [0.2, 0.25) is 0 Å². The number of benzene rings is 1. The molecule has 0 amide bonds. The van der Waals surface area contributed by atoms with Crippen molar-refractivity contribution >= 4 is 11.7 Å². The summed E-state index contributed by atoms with van der Waals surface area (Å²) in [6.07, 6.45) is 2.10. The topological polar surface area (TPSA) is 52.6 Å². The number of piperazine rings is 1. The van der Waals surface area contributed by atoms with Crippen molar-refractivity contribution in [2.45, 2.75) is 18.9 Å². The lowest BCUT2D eigenvalue weighted by Crippen LogP contribution is -2.53. The van der Waals surface area contributed by atoms with Gasteiger partial charge in [-0.15, -0.1) is 0 Å². The van der Waals surface area contributed by atoms with Crippen molar-refractivity contribution < 1.29 is 9.90 Å². The van der Waals surface area contributed by atoms with Crippen molar-refractivity contribution in [1.82, 2.24) is 5.32 Å². The zero-order valence-electron chi connectivity index (χ0n) is 9.65. The van der Waals surface area contributed by atoms with Crippen molar-refractivity contribution in [1.29, 1.82) is 0 Å². The average Bonchev–Trinajstić information content (AvgIpc) is 2.38. The normalized spacial score (nSPS) is 22.8. The lowest BCUT2D eigenvalue weighted by molar-refractivity contribution is 0.0697. The molecule has 3 rings (SSSR count). The Morgan fingerprint density at radius 3 is 3.18 bits per heavy atom. The summed E-state index contributed by atoms with van der Waals surface area (Å²) in [5, 5.41) is 12.4. The van der Waals surface area contributed by atoms with Gasteiger partial charge < -0.3 is 15.3 Å². The first-order valence-electron chi connectivity index (χ1n) is 6.09. The molecule has 2 aliphatic heterocycles. The lowest BCUT2D eigenvalue weighted by Gasteiger charge is -2.42. The number of nitrogens with one attached hydrogen (secondary N) is 1. The predicted molar refractivity (Wildman–Crippen MR) is 65.7 cm³/mol. The summed E-state index contributed by atoms with van der Waals surface area (Å²) < 4.78 is 0. The quantitative estimate of drug-likeness (QED) is 0.761. The molecule has 0 aromatic heterocycles. The third-order valence-corrected chi connectivity index (χ3v) is 3.73. The summed E-state index contributed by atoms with van der Waals surface area (Å²) in [7, 11) is 0. The fourth-order valence-electron chi connectivity index (χ4n) is 2.86. The van der Waals surface area contributed by atoms with Gasteiger partial charge in [0.25, 0.3) is 0 Å². The largest absolute Gasteiger partial charge is 0.478 e. The van der Waals surface area contributed by atoms with Gasteiger partial charge in [0.1, 0.15) is 0 Å². The van der Waals surface area contributed by atoms with Gasteiger partial charge in [0, 0.05) is 31.4 Å². The molecular formula is C13H16N2O2. The van der Waals surface area contributed by atoms with E-state index in [1.54, 1.807) is 6.07 Å². The summed E-state index contributed by atoms with van der Waals surface area (Å²) in [6, 6.07) is 6.09. The average molecular weight is 232 g/mol. The van der Waals surface area contributed by atoms with Crippen molar-refractivity contribution in [3.05, 3.63) is 29.3 Å². The number of hydrogen-bond donors (Lipinski definition) is 2. The summed E-state index contributed by atoms with van der Waals surface area (Å²) in [6.45, 7) is 3.07. The minimum absolute atomic E-state index is 0.400. The summed E-state index contributed by atoms with van der Waals surface area (Å²) in [4.78, 5) is 13.4. The molecule has 4 nitrogen and oxygen atoms in total. The van der Waals surface area contributed by atoms with Crippen LogP contribution < -0.4 is 10.2 Å². The Morgan fingerprint density at radius 2 is 2.35 bits per heavy atom. The molecular weight excluding hydrogens is 216 g/mol. The molecule has 90 valence electrons. The molecule has 1 atom stereocenters. The molecule has 1 aromatic carbocycles. The van der Waals surface area contributed by atoms with Crippen LogP contribution in [-0.2, 0) is 6.42 Å². The van der Waals surface area contributed by atoms with E-state index in [9.17, 15) is 4.79 Å². The summed E-state index contributed by atoms with van der Waals surface area (Å²) in [5.74, 6) is -0.838. The van der Waals surface area contributed by atoms with Gasteiger partial charge >= 0.3 is 5.97 Å². The highest BCUT2D eigenvalue weighted by atomic mass is 16.4. The van der Waals surface area contributed by atoms with Gasteiger partial charge in [-0.2, -0.15) is 0 Å². The molecule has 1 fully saturated rings. The zero-order chi connectivity index (χ0) is 11.8. The second kappa shape index (κ2) is 4.04. The smallest absolute Gasteiger partial charge is 0.335 e. The van der Waals surface area contributed by atoms with Gasteiger partial charge in [-0.25, -0.2) is 4.79 Å². The third-order valence-electron chi connectivity index (χ3n) is 3.73. The number of carboxylic acids is 1. The van der Waals surface area contributed by atoms with E-state index in [2.05, 4.69) is 10.2 Å². The Labute approximate surface area is 100 Å². The van der Waals surface area contributed by atoms with Crippen LogP contribution in [0, 0.1) is 0 Å². The number of anilines is 1. The van der Waals surface area contributed by atoms with E-state index in [0.29, 0.717) is 11.6 Å². The Bertz CT molecular complexity index is 459. The predicted octanol–water partition coefficient (Wildman–Crippen LogP) is 1.11. The first-order chi connectivity index (χ1) is 8.25. The van der Waals surface area contributed by atoms with Crippen molar-refractivity contribution in [2.75, 3.05) is 24.5 Å². The van der Waals surface area contributed by atoms with E-state index in [1.807, 2.05) is 12.1 Å². The van der Waals surface area contributed by atoms with Crippen molar-refractivity contribution in [2.24, 2.45) is 0 Å². The van der Waals surface area contributed by atoms with E-state index in [4.69, 9.17) is 5.11 Å². The van der Waals surface area contributed by atoms with Crippen LogP contribution in [-0.4, -0.2) is 36.8 Å². The SMILES string of the molecule is O=C(O)c1ccc2c(c1)CC[C@H]1CNCCN21. The van der Waals surface area contributed by atoms with Gasteiger partial charge in [0.05, 0.1) is 5.56 Å². The van der Waals surface area contributed by atoms with Crippen molar-refractivity contribution in [3.63, 3.8) is 0 Å². The number of carboxylic acid groups (broad SMARTS) is 1.